The number of thiocarbonyl (C=S) groups is 1. The molecule has 0 spiro atoms. The normalized spacial score (nSPS) is 10.1. The van der Waals surface area contributed by atoms with Gasteiger partial charge < -0.3 is 10.6 Å². The maximum absolute atomic E-state index is 5.89. The molecule has 0 aliphatic heterocycles. The SMILES string of the molecule is Cn1ccc(CNC(=S)Nc2cccc(Cl)c2)n1. The summed E-state index contributed by atoms with van der Waals surface area (Å²) in [6.07, 6.45) is 1.89. The van der Waals surface area contributed by atoms with Gasteiger partial charge in [0.1, 0.15) is 0 Å². The summed E-state index contributed by atoms with van der Waals surface area (Å²) in [5, 5.41) is 11.6. The molecule has 0 saturated carbocycles. The van der Waals surface area contributed by atoms with Gasteiger partial charge in [-0.1, -0.05) is 17.7 Å². The van der Waals surface area contributed by atoms with Gasteiger partial charge in [-0.2, -0.15) is 5.10 Å². The van der Waals surface area contributed by atoms with Gasteiger partial charge in [0, 0.05) is 24.0 Å². The highest BCUT2D eigenvalue weighted by atomic mass is 35.5. The van der Waals surface area contributed by atoms with Gasteiger partial charge in [-0.05, 0) is 36.5 Å². The van der Waals surface area contributed by atoms with Crippen LogP contribution in [0.15, 0.2) is 36.5 Å². The second kappa shape index (κ2) is 5.84. The van der Waals surface area contributed by atoms with Crippen molar-refractivity contribution in [3.63, 3.8) is 0 Å². The van der Waals surface area contributed by atoms with Gasteiger partial charge in [0.2, 0.25) is 0 Å². The van der Waals surface area contributed by atoms with Crippen LogP contribution >= 0.6 is 23.8 Å². The highest BCUT2D eigenvalue weighted by molar-refractivity contribution is 7.80. The first-order chi connectivity index (χ1) is 8.63. The largest absolute Gasteiger partial charge is 0.357 e. The van der Waals surface area contributed by atoms with E-state index in [1.54, 1.807) is 4.68 Å². The fourth-order valence-corrected chi connectivity index (χ4v) is 1.85. The van der Waals surface area contributed by atoms with E-state index in [0.717, 1.165) is 11.4 Å². The molecule has 0 bridgehead atoms. The van der Waals surface area contributed by atoms with Crippen molar-refractivity contribution >= 4 is 34.6 Å². The van der Waals surface area contributed by atoms with Gasteiger partial charge in [-0.25, -0.2) is 0 Å². The van der Waals surface area contributed by atoms with Crippen molar-refractivity contribution in [1.82, 2.24) is 15.1 Å². The summed E-state index contributed by atoms with van der Waals surface area (Å²) in [7, 11) is 1.88. The zero-order valence-electron chi connectivity index (χ0n) is 9.85. The average Bonchev–Trinajstić information content (AvgIpc) is 2.73. The standard InChI is InChI=1S/C12H13ClN4S/c1-17-6-5-11(16-17)8-14-12(18)15-10-4-2-3-9(13)7-10/h2-7H,8H2,1H3,(H2,14,15,18). The minimum Gasteiger partial charge on any atom is -0.357 e. The van der Waals surface area contributed by atoms with Gasteiger partial charge in [0.25, 0.3) is 0 Å². The molecule has 6 heteroatoms. The second-order valence-corrected chi connectivity index (χ2v) is 4.64. The topological polar surface area (TPSA) is 41.9 Å². The zero-order valence-corrected chi connectivity index (χ0v) is 11.4. The maximum atomic E-state index is 5.89. The van der Waals surface area contributed by atoms with E-state index in [9.17, 15) is 0 Å². The highest BCUT2D eigenvalue weighted by Gasteiger charge is 2.00. The summed E-state index contributed by atoms with van der Waals surface area (Å²) >= 11 is 11.1. The number of aromatic nitrogens is 2. The van der Waals surface area contributed by atoms with Gasteiger partial charge in [0.15, 0.2) is 5.11 Å². The molecule has 2 N–H and O–H groups in total. The molecule has 0 saturated heterocycles. The maximum Gasteiger partial charge on any atom is 0.171 e. The van der Waals surface area contributed by atoms with Crippen LogP contribution in [0.3, 0.4) is 0 Å². The van der Waals surface area contributed by atoms with Gasteiger partial charge in [-0.15, -0.1) is 0 Å². The molecule has 1 heterocycles. The molecule has 0 unspecified atom stereocenters. The number of hydrogen-bond donors (Lipinski definition) is 2. The van der Waals surface area contributed by atoms with E-state index in [1.165, 1.54) is 0 Å². The Morgan fingerprint density at radius 1 is 1.44 bits per heavy atom. The molecule has 4 nitrogen and oxygen atoms in total. The third kappa shape index (κ3) is 3.72. The van der Waals surface area contributed by atoms with Crippen LogP contribution in [0, 0.1) is 0 Å². The van der Waals surface area contributed by atoms with Gasteiger partial charge in [0.05, 0.1) is 12.2 Å². The van der Waals surface area contributed by atoms with E-state index in [1.807, 2.05) is 43.6 Å². The van der Waals surface area contributed by atoms with E-state index in [2.05, 4.69) is 15.7 Å². The molecular formula is C12H13ClN4S. The Labute approximate surface area is 116 Å². The molecule has 2 rings (SSSR count). The first kappa shape index (κ1) is 12.9. The Kier molecular flexibility index (Phi) is 4.17. The molecule has 94 valence electrons. The lowest BCUT2D eigenvalue weighted by Crippen LogP contribution is -2.28. The van der Waals surface area contributed by atoms with Crippen molar-refractivity contribution < 1.29 is 0 Å². The van der Waals surface area contributed by atoms with Crippen molar-refractivity contribution in [2.75, 3.05) is 5.32 Å². The molecule has 0 aliphatic rings. The van der Waals surface area contributed by atoms with E-state index >= 15 is 0 Å². The third-order valence-electron chi connectivity index (χ3n) is 2.28. The van der Waals surface area contributed by atoms with Crippen LogP contribution < -0.4 is 10.6 Å². The van der Waals surface area contributed by atoms with E-state index < -0.39 is 0 Å². The molecule has 2 aromatic rings. The predicted molar refractivity (Wildman–Crippen MR) is 77.7 cm³/mol. The first-order valence-corrected chi connectivity index (χ1v) is 6.21. The van der Waals surface area contributed by atoms with Crippen LogP contribution in [-0.2, 0) is 13.6 Å². The van der Waals surface area contributed by atoms with Crippen LogP contribution in [0.1, 0.15) is 5.69 Å². The quantitative estimate of drug-likeness (QED) is 0.848. The lowest BCUT2D eigenvalue weighted by atomic mass is 10.3. The number of benzene rings is 1. The van der Waals surface area contributed by atoms with Gasteiger partial charge in [-0.3, -0.25) is 4.68 Å². The minimum absolute atomic E-state index is 0.544. The van der Waals surface area contributed by atoms with E-state index in [4.69, 9.17) is 23.8 Å². The summed E-state index contributed by atoms with van der Waals surface area (Å²) in [5.41, 5.74) is 1.80. The summed E-state index contributed by atoms with van der Waals surface area (Å²) in [5.74, 6) is 0. The van der Waals surface area contributed by atoms with Crippen LogP contribution in [-0.4, -0.2) is 14.9 Å². The summed E-state index contributed by atoms with van der Waals surface area (Å²) in [6.45, 7) is 0.591. The Morgan fingerprint density at radius 3 is 2.94 bits per heavy atom. The fraction of sp³-hybridized carbons (Fsp3) is 0.167. The number of nitrogens with zero attached hydrogens (tertiary/aromatic N) is 2. The van der Waals surface area contributed by atoms with Crippen LogP contribution in [0.5, 0.6) is 0 Å². The predicted octanol–water partition coefficient (Wildman–Crippen LogP) is 2.56. The van der Waals surface area contributed by atoms with Crippen LogP contribution in [0.2, 0.25) is 5.02 Å². The number of aryl methyl sites for hydroxylation is 1. The van der Waals surface area contributed by atoms with E-state index in [-0.39, 0.29) is 0 Å². The number of rotatable bonds is 3. The summed E-state index contributed by atoms with van der Waals surface area (Å²) < 4.78 is 1.75. The molecule has 0 amide bonds. The molecule has 1 aromatic carbocycles. The van der Waals surface area contributed by atoms with Crippen molar-refractivity contribution in [3.8, 4) is 0 Å². The Bertz CT molecular complexity index is 553. The van der Waals surface area contributed by atoms with Crippen LogP contribution in [0.4, 0.5) is 5.69 Å². The first-order valence-electron chi connectivity index (χ1n) is 5.42. The Hall–Kier alpha value is -1.59. The Morgan fingerprint density at radius 2 is 2.28 bits per heavy atom. The molecule has 0 radical (unpaired) electrons. The third-order valence-corrected chi connectivity index (χ3v) is 2.76. The van der Waals surface area contributed by atoms with Crippen molar-refractivity contribution in [2.24, 2.45) is 7.05 Å². The van der Waals surface area contributed by atoms with Crippen molar-refractivity contribution in [1.29, 1.82) is 0 Å². The average molecular weight is 281 g/mol. The zero-order chi connectivity index (χ0) is 13.0. The summed E-state index contributed by atoms with van der Waals surface area (Å²) in [4.78, 5) is 0. The molecule has 0 aliphatic carbocycles. The number of halogens is 1. The molecule has 0 atom stereocenters. The lowest BCUT2D eigenvalue weighted by Gasteiger charge is -2.09. The molecule has 0 fully saturated rings. The summed E-state index contributed by atoms with van der Waals surface area (Å²) in [6, 6.07) is 9.34. The van der Waals surface area contributed by atoms with E-state index in [0.29, 0.717) is 16.7 Å². The molecule has 18 heavy (non-hydrogen) atoms. The highest BCUT2D eigenvalue weighted by Crippen LogP contribution is 2.14. The van der Waals surface area contributed by atoms with Crippen LogP contribution in [0.25, 0.3) is 0 Å². The molecular weight excluding hydrogens is 268 g/mol. The number of anilines is 1. The smallest absolute Gasteiger partial charge is 0.171 e. The minimum atomic E-state index is 0.544. The monoisotopic (exact) mass is 280 g/mol. The number of nitrogens with one attached hydrogen (secondary N) is 2. The lowest BCUT2D eigenvalue weighted by molar-refractivity contribution is 0.731. The van der Waals surface area contributed by atoms with Crippen molar-refractivity contribution in [3.05, 3.63) is 47.2 Å². The van der Waals surface area contributed by atoms with Crippen molar-refractivity contribution in [2.45, 2.75) is 6.54 Å². The van der Waals surface area contributed by atoms with Gasteiger partial charge >= 0.3 is 0 Å². The second-order valence-electron chi connectivity index (χ2n) is 3.80. The molecule has 1 aromatic heterocycles. The Balaban J connectivity index is 1.85. The fourth-order valence-electron chi connectivity index (χ4n) is 1.47. The number of hydrogen-bond acceptors (Lipinski definition) is 2.